The summed E-state index contributed by atoms with van der Waals surface area (Å²) >= 11 is 0. The van der Waals surface area contributed by atoms with Crippen LogP contribution in [0.15, 0.2) is 55.6 Å². The van der Waals surface area contributed by atoms with E-state index in [-0.39, 0.29) is 18.5 Å². The van der Waals surface area contributed by atoms with E-state index in [2.05, 4.69) is 37.4 Å². The molecule has 2 saturated heterocycles. The predicted octanol–water partition coefficient (Wildman–Crippen LogP) is 4.07. The van der Waals surface area contributed by atoms with Crippen molar-refractivity contribution in [1.29, 1.82) is 0 Å². The smallest absolute Gasteiger partial charge is 0.190 e. The average Bonchev–Trinajstić information content (AvgIpc) is 3.18. The summed E-state index contributed by atoms with van der Waals surface area (Å²) in [5.74, 6) is 1.06. The van der Waals surface area contributed by atoms with Crippen LogP contribution in [0.3, 0.4) is 0 Å². The molecule has 0 amide bonds. The summed E-state index contributed by atoms with van der Waals surface area (Å²) in [6.07, 6.45) is 4.45. The second-order valence-electron chi connectivity index (χ2n) is 8.78. The van der Waals surface area contributed by atoms with Gasteiger partial charge in [-0.3, -0.25) is 0 Å². The molecule has 0 unspecified atom stereocenters. The maximum atomic E-state index is 6.68. The topological polar surface area (TPSA) is 36.9 Å². The van der Waals surface area contributed by atoms with Crippen molar-refractivity contribution in [3.63, 3.8) is 0 Å². The minimum Gasteiger partial charge on any atom is -0.365 e. The molecule has 144 valence electrons. The first-order valence-corrected chi connectivity index (χ1v) is 9.93. The molecule has 5 rings (SSSR count). The molecular formula is C23H28O4. The Morgan fingerprint density at radius 1 is 1.07 bits per heavy atom. The van der Waals surface area contributed by atoms with Crippen LogP contribution in [0.1, 0.15) is 25.8 Å². The fourth-order valence-electron chi connectivity index (χ4n) is 5.90. The highest BCUT2D eigenvalue weighted by atomic mass is 16.8. The molecule has 0 aromatic heterocycles. The lowest BCUT2D eigenvalue weighted by molar-refractivity contribution is -0.240. The molecule has 27 heavy (non-hydrogen) atoms. The number of fused-ring (bicyclic) bond motifs is 5. The number of allylic oxidation sites excluding steroid dienone is 2. The molecular weight excluding hydrogens is 340 g/mol. The second-order valence-corrected chi connectivity index (χ2v) is 8.78. The second kappa shape index (κ2) is 6.02. The van der Waals surface area contributed by atoms with E-state index < -0.39 is 11.4 Å². The molecule has 0 N–H and O–H groups in total. The molecule has 4 aliphatic rings. The van der Waals surface area contributed by atoms with Gasteiger partial charge in [0.25, 0.3) is 0 Å². The van der Waals surface area contributed by atoms with Crippen molar-refractivity contribution < 1.29 is 18.9 Å². The first kappa shape index (κ1) is 17.6. The zero-order valence-corrected chi connectivity index (χ0v) is 16.0. The van der Waals surface area contributed by atoms with Crippen LogP contribution < -0.4 is 0 Å². The summed E-state index contributed by atoms with van der Waals surface area (Å²) in [5, 5.41) is 0. The summed E-state index contributed by atoms with van der Waals surface area (Å²) in [6.45, 7) is 12.5. The van der Waals surface area contributed by atoms with Gasteiger partial charge in [0.1, 0.15) is 11.7 Å². The van der Waals surface area contributed by atoms with Gasteiger partial charge in [-0.05, 0) is 49.5 Å². The summed E-state index contributed by atoms with van der Waals surface area (Å²) in [6, 6.07) is 10.3. The number of benzene rings is 1. The van der Waals surface area contributed by atoms with Crippen LogP contribution in [0.4, 0.5) is 0 Å². The highest BCUT2D eigenvalue weighted by Crippen LogP contribution is 2.66. The van der Waals surface area contributed by atoms with E-state index in [4.69, 9.17) is 18.9 Å². The minimum absolute atomic E-state index is 0.0310. The standard InChI is InChI=1S/C23H28O4/c1-5-15-16(6-2)18-17(15)12-23(24-13-14-10-8-7-9-11-14)19(18)25-21-20(23)26-22(3,4)27-21/h5-11,15-21H,1-2,12-13H2,3-4H3/t15-,16-,17+,18-,19-,20+,21-,23-/m1/s1. The molecule has 2 aliphatic carbocycles. The zero-order valence-electron chi connectivity index (χ0n) is 16.0. The zero-order chi connectivity index (χ0) is 18.8. The van der Waals surface area contributed by atoms with Crippen molar-refractivity contribution >= 4 is 0 Å². The largest absolute Gasteiger partial charge is 0.365 e. The molecule has 2 aliphatic heterocycles. The van der Waals surface area contributed by atoms with E-state index in [9.17, 15) is 0 Å². The van der Waals surface area contributed by atoms with Crippen molar-refractivity contribution in [3.05, 3.63) is 61.2 Å². The van der Waals surface area contributed by atoms with E-state index in [0.29, 0.717) is 30.3 Å². The molecule has 1 aromatic carbocycles. The summed E-state index contributed by atoms with van der Waals surface area (Å²) in [4.78, 5) is 0. The first-order valence-electron chi connectivity index (χ1n) is 9.93. The van der Waals surface area contributed by atoms with Gasteiger partial charge in [0.2, 0.25) is 0 Å². The molecule has 1 aromatic rings. The van der Waals surface area contributed by atoms with Gasteiger partial charge in [-0.15, -0.1) is 13.2 Å². The molecule has 2 saturated carbocycles. The van der Waals surface area contributed by atoms with Gasteiger partial charge in [-0.1, -0.05) is 42.5 Å². The molecule has 0 radical (unpaired) electrons. The highest BCUT2D eigenvalue weighted by Gasteiger charge is 2.75. The van der Waals surface area contributed by atoms with Crippen molar-refractivity contribution in [3.8, 4) is 0 Å². The molecule has 4 nitrogen and oxygen atoms in total. The first-order chi connectivity index (χ1) is 13.0. The summed E-state index contributed by atoms with van der Waals surface area (Å²) < 4.78 is 25.5. The van der Waals surface area contributed by atoms with Crippen LogP contribution in [0.5, 0.6) is 0 Å². The van der Waals surface area contributed by atoms with Gasteiger partial charge in [0.15, 0.2) is 12.1 Å². The third-order valence-corrected chi connectivity index (χ3v) is 6.98. The van der Waals surface area contributed by atoms with Gasteiger partial charge in [0.05, 0.1) is 12.7 Å². The Morgan fingerprint density at radius 3 is 2.52 bits per heavy atom. The molecule has 2 heterocycles. The minimum atomic E-state index is -0.652. The third-order valence-electron chi connectivity index (χ3n) is 6.98. The van der Waals surface area contributed by atoms with Crippen LogP contribution in [-0.2, 0) is 25.6 Å². The Bertz CT molecular complexity index is 744. The van der Waals surface area contributed by atoms with Crippen LogP contribution >= 0.6 is 0 Å². The van der Waals surface area contributed by atoms with Crippen LogP contribution in [0, 0.1) is 23.7 Å². The predicted molar refractivity (Wildman–Crippen MR) is 102 cm³/mol. The Morgan fingerprint density at radius 2 is 1.81 bits per heavy atom. The molecule has 4 heteroatoms. The van der Waals surface area contributed by atoms with E-state index in [1.54, 1.807) is 0 Å². The monoisotopic (exact) mass is 368 g/mol. The lowest BCUT2D eigenvalue weighted by atomic mass is 9.58. The Balaban J connectivity index is 1.47. The van der Waals surface area contributed by atoms with Crippen LogP contribution in [-0.4, -0.2) is 29.9 Å². The van der Waals surface area contributed by atoms with E-state index in [0.717, 1.165) is 12.0 Å². The quantitative estimate of drug-likeness (QED) is 0.734. The lowest BCUT2D eigenvalue weighted by Gasteiger charge is -2.47. The van der Waals surface area contributed by atoms with Crippen molar-refractivity contribution in [1.82, 2.24) is 0 Å². The van der Waals surface area contributed by atoms with Crippen molar-refractivity contribution in [2.75, 3.05) is 0 Å². The SMILES string of the molecule is C=C[C@@H]1[C@@H](C=C)[C@@H]2[C@H]1C[C@@]1(OCc3ccccc3)[C@@H]2O[C@@H]2OC(C)(C)O[C@@H]21. The fourth-order valence-corrected chi connectivity index (χ4v) is 5.90. The fraction of sp³-hybridized carbons (Fsp3) is 0.565. The van der Waals surface area contributed by atoms with Gasteiger partial charge >= 0.3 is 0 Å². The Hall–Kier alpha value is -1.46. The van der Waals surface area contributed by atoms with Crippen molar-refractivity contribution in [2.45, 2.75) is 56.8 Å². The number of ether oxygens (including phenoxy) is 4. The Labute approximate surface area is 161 Å². The van der Waals surface area contributed by atoms with Crippen molar-refractivity contribution in [2.24, 2.45) is 23.7 Å². The summed E-state index contributed by atoms with van der Waals surface area (Å²) in [5.41, 5.74) is 0.676. The number of rotatable bonds is 5. The van der Waals surface area contributed by atoms with Crippen LogP contribution in [0.25, 0.3) is 0 Å². The van der Waals surface area contributed by atoms with Gasteiger partial charge in [-0.2, -0.15) is 0 Å². The lowest BCUT2D eigenvalue weighted by Crippen LogP contribution is -2.50. The third kappa shape index (κ3) is 2.44. The summed E-state index contributed by atoms with van der Waals surface area (Å²) in [7, 11) is 0. The number of hydrogen-bond acceptors (Lipinski definition) is 4. The normalized spacial score (nSPS) is 46.2. The van der Waals surface area contributed by atoms with Gasteiger partial charge in [0, 0.05) is 0 Å². The van der Waals surface area contributed by atoms with Crippen LogP contribution in [0.2, 0.25) is 0 Å². The van der Waals surface area contributed by atoms with Gasteiger partial charge in [-0.25, -0.2) is 0 Å². The van der Waals surface area contributed by atoms with E-state index in [1.807, 2.05) is 32.0 Å². The maximum absolute atomic E-state index is 6.68. The molecule has 0 spiro atoms. The molecule has 8 atom stereocenters. The highest BCUT2D eigenvalue weighted by molar-refractivity contribution is 5.25. The average molecular weight is 368 g/mol. The number of hydrogen-bond donors (Lipinski definition) is 0. The van der Waals surface area contributed by atoms with Gasteiger partial charge < -0.3 is 18.9 Å². The molecule has 4 fully saturated rings. The Kier molecular flexibility index (Phi) is 3.93. The molecule has 0 bridgehead atoms. The van der Waals surface area contributed by atoms with E-state index >= 15 is 0 Å². The van der Waals surface area contributed by atoms with E-state index in [1.165, 1.54) is 0 Å². The maximum Gasteiger partial charge on any atom is 0.190 e.